The van der Waals surface area contributed by atoms with Crippen LogP contribution >= 0.6 is 0 Å². The van der Waals surface area contributed by atoms with Gasteiger partial charge in [0, 0.05) is 23.0 Å². The summed E-state index contributed by atoms with van der Waals surface area (Å²) >= 11 is 0. The molecule has 1 fully saturated rings. The molecule has 1 aliphatic carbocycles. The number of hydrogen-bond donors (Lipinski definition) is 1. The zero-order valence-electron chi connectivity index (χ0n) is 13.9. The topological polar surface area (TPSA) is 68.4 Å². The minimum atomic E-state index is -0.789. The molecule has 1 saturated heterocycles. The number of H-pyrrole nitrogens is 1. The Kier molecular flexibility index (Phi) is 3.59. The second-order valence-electron chi connectivity index (χ2n) is 7.07. The fraction of sp³-hybridized carbons (Fsp3) is 0.474. The maximum Gasteiger partial charge on any atom is 0.347 e. The van der Waals surface area contributed by atoms with Crippen LogP contribution in [-0.4, -0.2) is 29.1 Å². The van der Waals surface area contributed by atoms with Gasteiger partial charge < -0.3 is 14.5 Å². The van der Waals surface area contributed by atoms with Crippen LogP contribution < -0.4 is 0 Å². The van der Waals surface area contributed by atoms with Crippen LogP contribution in [-0.2, 0) is 27.1 Å². The van der Waals surface area contributed by atoms with E-state index in [2.05, 4.69) is 11.9 Å². The Bertz CT molecular complexity index is 822. The van der Waals surface area contributed by atoms with Crippen LogP contribution in [0.15, 0.2) is 18.2 Å². The maximum absolute atomic E-state index is 12.4. The number of fused-ring (bicyclic) bond motifs is 3. The van der Waals surface area contributed by atoms with Gasteiger partial charge in [0.15, 0.2) is 0 Å². The van der Waals surface area contributed by atoms with E-state index >= 15 is 0 Å². The summed E-state index contributed by atoms with van der Waals surface area (Å²) < 4.78 is 10.4. The molecule has 0 saturated carbocycles. The zero-order valence-corrected chi connectivity index (χ0v) is 13.9. The summed E-state index contributed by atoms with van der Waals surface area (Å²) in [5.41, 5.74) is 4.13. The smallest absolute Gasteiger partial charge is 0.347 e. The van der Waals surface area contributed by atoms with Gasteiger partial charge in [-0.2, -0.15) is 0 Å². The highest BCUT2D eigenvalue weighted by Gasteiger charge is 2.35. The van der Waals surface area contributed by atoms with Crippen molar-refractivity contribution >= 4 is 22.8 Å². The number of ether oxygens (including phenoxy) is 2. The Morgan fingerprint density at radius 1 is 1.33 bits per heavy atom. The number of carbonyl (C=O) groups excluding carboxylic acids is 2. The van der Waals surface area contributed by atoms with Crippen LogP contribution in [0.3, 0.4) is 0 Å². The number of hydrogen-bond acceptors (Lipinski definition) is 4. The van der Waals surface area contributed by atoms with Gasteiger partial charge in [-0.1, -0.05) is 6.92 Å². The fourth-order valence-corrected chi connectivity index (χ4v) is 3.73. The third kappa shape index (κ3) is 2.58. The number of aromatic nitrogens is 1. The largest absolute Gasteiger partial charge is 0.460 e. The maximum atomic E-state index is 12.4. The Morgan fingerprint density at radius 3 is 2.92 bits per heavy atom. The van der Waals surface area contributed by atoms with E-state index in [0.717, 1.165) is 23.7 Å². The second kappa shape index (κ2) is 5.65. The van der Waals surface area contributed by atoms with E-state index < -0.39 is 18.0 Å². The summed E-state index contributed by atoms with van der Waals surface area (Å²) in [6.07, 6.45) is 2.71. The summed E-state index contributed by atoms with van der Waals surface area (Å²) in [4.78, 5) is 27.5. The van der Waals surface area contributed by atoms with Crippen molar-refractivity contribution in [3.05, 3.63) is 35.0 Å². The minimum absolute atomic E-state index is 0.198. The van der Waals surface area contributed by atoms with Gasteiger partial charge in [0.1, 0.15) is 6.10 Å². The highest BCUT2D eigenvalue weighted by molar-refractivity contribution is 5.97. The molecule has 0 bridgehead atoms. The number of carbonyl (C=O) groups is 2. The van der Waals surface area contributed by atoms with Gasteiger partial charge in [-0.15, -0.1) is 0 Å². The lowest BCUT2D eigenvalue weighted by molar-refractivity contribution is -0.147. The van der Waals surface area contributed by atoms with Crippen molar-refractivity contribution in [2.24, 2.45) is 5.92 Å². The quantitative estimate of drug-likeness (QED) is 0.860. The van der Waals surface area contributed by atoms with Gasteiger partial charge in [0.25, 0.3) is 0 Å². The number of cyclic esters (lactones) is 1. The molecule has 2 aliphatic rings. The fourth-order valence-electron chi connectivity index (χ4n) is 3.73. The highest BCUT2D eigenvalue weighted by Crippen LogP contribution is 2.32. The molecule has 5 heteroatoms. The van der Waals surface area contributed by atoms with Gasteiger partial charge >= 0.3 is 11.9 Å². The first kappa shape index (κ1) is 15.2. The standard InChI is InChI=1S/C19H21NO4/c1-10-3-5-15-13(7-10)14-9-12(4-6-16(14)20-15)18(21)24-17-8-11(2)23-19(17)22/h4,6,9-11,17,20H,3,5,7-8H2,1-2H3/t10-,11+,17-/m0/s1. The number of aryl methyl sites for hydroxylation is 1. The van der Waals surface area contributed by atoms with Gasteiger partial charge in [-0.05, 0) is 55.9 Å². The minimum Gasteiger partial charge on any atom is -0.460 e. The van der Waals surface area contributed by atoms with Gasteiger partial charge in [0.2, 0.25) is 6.10 Å². The molecule has 24 heavy (non-hydrogen) atoms. The van der Waals surface area contributed by atoms with E-state index in [1.807, 2.05) is 12.1 Å². The van der Waals surface area contributed by atoms with Crippen molar-refractivity contribution in [3.8, 4) is 0 Å². The van der Waals surface area contributed by atoms with Crippen molar-refractivity contribution in [2.45, 2.75) is 51.7 Å². The Hall–Kier alpha value is -2.30. The molecule has 0 amide bonds. The van der Waals surface area contributed by atoms with E-state index in [1.165, 1.54) is 17.7 Å². The predicted octanol–water partition coefficient (Wildman–Crippen LogP) is 3.15. The van der Waals surface area contributed by atoms with Gasteiger partial charge in [-0.25, -0.2) is 9.59 Å². The van der Waals surface area contributed by atoms with Crippen molar-refractivity contribution in [1.82, 2.24) is 4.98 Å². The molecule has 4 rings (SSSR count). The number of rotatable bonds is 2. The first-order valence-electron chi connectivity index (χ1n) is 8.56. The van der Waals surface area contributed by atoms with Crippen LogP contribution in [0.2, 0.25) is 0 Å². The lowest BCUT2D eigenvalue weighted by Crippen LogP contribution is -2.22. The van der Waals surface area contributed by atoms with E-state index in [9.17, 15) is 9.59 Å². The van der Waals surface area contributed by atoms with Crippen LogP contribution in [0.1, 0.15) is 48.3 Å². The van der Waals surface area contributed by atoms with Crippen LogP contribution in [0.4, 0.5) is 0 Å². The molecule has 1 N–H and O–H groups in total. The third-order valence-electron chi connectivity index (χ3n) is 5.05. The molecule has 2 heterocycles. The molecule has 1 aliphatic heterocycles. The zero-order chi connectivity index (χ0) is 16.8. The lowest BCUT2D eigenvalue weighted by Gasteiger charge is -2.18. The Labute approximate surface area is 140 Å². The monoisotopic (exact) mass is 327 g/mol. The van der Waals surface area contributed by atoms with Crippen LogP contribution in [0.5, 0.6) is 0 Å². The van der Waals surface area contributed by atoms with Gasteiger partial charge in [-0.3, -0.25) is 0 Å². The molecule has 0 unspecified atom stereocenters. The summed E-state index contributed by atoms with van der Waals surface area (Å²) in [5, 5.41) is 1.09. The number of esters is 2. The van der Waals surface area contributed by atoms with Crippen molar-refractivity contribution in [3.63, 3.8) is 0 Å². The average molecular weight is 327 g/mol. The van der Waals surface area contributed by atoms with Crippen LogP contribution in [0, 0.1) is 5.92 Å². The number of benzene rings is 1. The molecule has 3 atom stereocenters. The molecule has 1 aromatic heterocycles. The second-order valence-corrected chi connectivity index (χ2v) is 7.07. The van der Waals surface area contributed by atoms with Crippen molar-refractivity contribution in [1.29, 1.82) is 0 Å². The van der Waals surface area contributed by atoms with Crippen molar-refractivity contribution in [2.75, 3.05) is 0 Å². The van der Waals surface area contributed by atoms with Gasteiger partial charge in [0.05, 0.1) is 5.56 Å². The first-order chi connectivity index (χ1) is 11.5. The molecular weight excluding hydrogens is 306 g/mol. The molecule has 5 nitrogen and oxygen atoms in total. The number of nitrogens with one attached hydrogen (secondary N) is 1. The summed E-state index contributed by atoms with van der Waals surface area (Å²) in [6.45, 7) is 4.05. The lowest BCUT2D eigenvalue weighted by atomic mass is 9.87. The molecular formula is C19H21NO4. The Balaban J connectivity index is 1.61. The summed E-state index contributed by atoms with van der Waals surface area (Å²) in [7, 11) is 0. The van der Waals surface area contributed by atoms with E-state index in [0.29, 0.717) is 17.9 Å². The summed E-state index contributed by atoms with van der Waals surface area (Å²) in [6, 6.07) is 5.55. The highest BCUT2D eigenvalue weighted by atomic mass is 16.6. The molecule has 1 aromatic carbocycles. The van der Waals surface area contributed by atoms with Crippen LogP contribution in [0.25, 0.3) is 10.9 Å². The third-order valence-corrected chi connectivity index (χ3v) is 5.05. The average Bonchev–Trinajstić information content (AvgIpc) is 3.06. The summed E-state index contributed by atoms with van der Waals surface area (Å²) in [5.74, 6) is -0.265. The molecule has 2 aromatic rings. The molecule has 0 spiro atoms. The van der Waals surface area contributed by atoms with E-state index in [1.54, 1.807) is 13.0 Å². The van der Waals surface area contributed by atoms with Crippen molar-refractivity contribution < 1.29 is 19.1 Å². The molecule has 126 valence electrons. The van der Waals surface area contributed by atoms with E-state index in [4.69, 9.17) is 9.47 Å². The predicted molar refractivity (Wildman–Crippen MR) is 88.9 cm³/mol. The number of aromatic amines is 1. The first-order valence-corrected chi connectivity index (χ1v) is 8.56. The Morgan fingerprint density at radius 2 is 2.17 bits per heavy atom. The molecule has 0 radical (unpaired) electrons. The SMILES string of the molecule is C[C@H]1CCc2[nH]c3ccc(C(=O)O[C@H]4C[C@@H](C)OC4=O)cc3c2C1. The van der Waals surface area contributed by atoms with E-state index in [-0.39, 0.29) is 6.10 Å². The normalized spacial score (nSPS) is 26.2.